The summed E-state index contributed by atoms with van der Waals surface area (Å²) >= 11 is 3.10. The van der Waals surface area contributed by atoms with E-state index >= 15 is 0 Å². The molecule has 0 saturated heterocycles. The van der Waals surface area contributed by atoms with E-state index in [1.165, 1.54) is 0 Å². The molecule has 1 atom stereocenters. The van der Waals surface area contributed by atoms with E-state index in [0.717, 1.165) is 0 Å². The van der Waals surface area contributed by atoms with Crippen LogP contribution in [0.1, 0.15) is 19.8 Å². The van der Waals surface area contributed by atoms with Gasteiger partial charge in [0.25, 0.3) is 0 Å². The SMILES string of the molecule is CC(CBr)NC(=O)CCC(F)(F)F. The van der Waals surface area contributed by atoms with Crippen molar-refractivity contribution in [2.24, 2.45) is 0 Å². The maximum atomic E-state index is 11.6. The van der Waals surface area contributed by atoms with Crippen molar-refractivity contribution in [1.82, 2.24) is 5.32 Å². The Labute approximate surface area is 83.0 Å². The van der Waals surface area contributed by atoms with Crippen LogP contribution < -0.4 is 5.32 Å². The summed E-state index contributed by atoms with van der Waals surface area (Å²) in [6, 6.07) is -0.138. The van der Waals surface area contributed by atoms with Gasteiger partial charge in [0.15, 0.2) is 0 Å². The van der Waals surface area contributed by atoms with E-state index < -0.39 is 24.9 Å². The first-order valence-corrected chi connectivity index (χ1v) is 4.89. The van der Waals surface area contributed by atoms with Gasteiger partial charge in [-0.1, -0.05) is 15.9 Å². The van der Waals surface area contributed by atoms with Gasteiger partial charge < -0.3 is 5.32 Å². The molecule has 0 saturated carbocycles. The normalized spacial score (nSPS) is 13.9. The van der Waals surface area contributed by atoms with E-state index in [-0.39, 0.29) is 6.04 Å². The second kappa shape index (κ2) is 5.47. The van der Waals surface area contributed by atoms with E-state index in [1.54, 1.807) is 6.92 Å². The van der Waals surface area contributed by atoms with Crippen LogP contribution in [0.15, 0.2) is 0 Å². The number of alkyl halides is 4. The Kier molecular flexibility index (Phi) is 5.36. The monoisotopic (exact) mass is 261 g/mol. The van der Waals surface area contributed by atoms with Gasteiger partial charge in [0.05, 0.1) is 6.42 Å². The molecule has 0 aliphatic carbocycles. The number of halogens is 4. The number of nitrogens with one attached hydrogen (secondary N) is 1. The predicted octanol–water partition coefficient (Wildman–Crippen LogP) is 2.23. The van der Waals surface area contributed by atoms with Crippen LogP contribution in [0.5, 0.6) is 0 Å². The number of carbonyl (C=O) groups is 1. The quantitative estimate of drug-likeness (QED) is 0.773. The van der Waals surface area contributed by atoms with Crippen LogP contribution in [0.2, 0.25) is 0 Å². The zero-order chi connectivity index (χ0) is 10.5. The van der Waals surface area contributed by atoms with Gasteiger partial charge in [0.2, 0.25) is 5.91 Å². The lowest BCUT2D eigenvalue weighted by atomic mass is 10.2. The van der Waals surface area contributed by atoms with Crippen molar-refractivity contribution in [2.75, 3.05) is 5.33 Å². The van der Waals surface area contributed by atoms with Gasteiger partial charge >= 0.3 is 6.18 Å². The van der Waals surface area contributed by atoms with Gasteiger partial charge in [-0.3, -0.25) is 4.79 Å². The molecule has 0 spiro atoms. The molecule has 1 N–H and O–H groups in total. The first-order chi connectivity index (χ1) is 5.85. The molecule has 0 rings (SSSR count). The molecule has 0 aliphatic heterocycles. The Balaban J connectivity index is 3.64. The minimum atomic E-state index is -4.25. The summed E-state index contributed by atoms with van der Waals surface area (Å²) in [6.07, 6.45) is -5.82. The van der Waals surface area contributed by atoms with Gasteiger partial charge in [-0.2, -0.15) is 13.2 Å². The van der Waals surface area contributed by atoms with Gasteiger partial charge in [0, 0.05) is 17.8 Å². The number of amides is 1. The van der Waals surface area contributed by atoms with E-state index in [0.29, 0.717) is 5.33 Å². The van der Waals surface area contributed by atoms with Gasteiger partial charge in [-0.25, -0.2) is 0 Å². The maximum absolute atomic E-state index is 11.6. The first-order valence-electron chi connectivity index (χ1n) is 3.77. The summed E-state index contributed by atoms with van der Waals surface area (Å²) < 4.78 is 34.9. The molecule has 0 bridgehead atoms. The Bertz CT molecular complexity index is 172. The molecule has 0 aromatic carbocycles. The lowest BCUT2D eigenvalue weighted by Gasteiger charge is -2.11. The van der Waals surface area contributed by atoms with Crippen molar-refractivity contribution in [2.45, 2.75) is 32.0 Å². The Hall–Kier alpha value is -0.260. The molecule has 13 heavy (non-hydrogen) atoms. The molecular weight excluding hydrogens is 251 g/mol. The van der Waals surface area contributed by atoms with E-state index in [4.69, 9.17) is 0 Å². The zero-order valence-electron chi connectivity index (χ0n) is 7.12. The average Bonchev–Trinajstić information content (AvgIpc) is 1.99. The Morgan fingerprint density at radius 2 is 2.08 bits per heavy atom. The summed E-state index contributed by atoms with van der Waals surface area (Å²) in [7, 11) is 0. The predicted molar refractivity (Wildman–Crippen MR) is 46.7 cm³/mol. The van der Waals surface area contributed by atoms with Crippen LogP contribution in [0.25, 0.3) is 0 Å². The van der Waals surface area contributed by atoms with Crippen molar-refractivity contribution in [3.8, 4) is 0 Å². The highest BCUT2D eigenvalue weighted by atomic mass is 79.9. The summed E-state index contributed by atoms with van der Waals surface area (Å²) in [5.41, 5.74) is 0. The molecule has 1 amide bonds. The van der Waals surface area contributed by atoms with Gasteiger partial charge in [0.1, 0.15) is 0 Å². The van der Waals surface area contributed by atoms with Crippen molar-refractivity contribution in [3.05, 3.63) is 0 Å². The summed E-state index contributed by atoms with van der Waals surface area (Å²) in [6.45, 7) is 1.71. The van der Waals surface area contributed by atoms with E-state index in [1.807, 2.05) is 0 Å². The number of rotatable bonds is 4. The highest BCUT2D eigenvalue weighted by Gasteiger charge is 2.27. The van der Waals surface area contributed by atoms with Crippen LogP contribution >= 0.6 is 15.9 Å². The average molecular weight is 262 g/mol. The minimum absolute atomic E-state index is 0.138. The van der Waals surface area contributed by atoms with Crippen molar-refractivity contribution >= 4 is 21.8 Å². The van der Waals surface area contributed by atoms with Crippen LogP contribution in [0.3, 0.4) is 0 Å². The van der Waals surface area contributed by atoms with Gasteiger partial charge in [-0.15, -0.1) is 0 Å². The number of hydrogen-bond donors (Lipinski definition) is 1. The second-order valence-corrected chi connectivity index (χ2v) is 3.39. The molecule has 0 heterocycles. The lowest BCUT2D eigenvalue weighted by Crippen LogP contribution is -2.34. The fourth-order valence-electron chi connectivity index (χ4n) is 0.641. The van der Waals surface area contributed by atoms with E-state index in [2.05, 4.69) is 21.2 Å². The summed E-state index contributed by atoms with van der Waals surface area (Å²) in [5, 5.41) is 2.95. The standard InChI is InChI=1S/C7H11BrF3NO/c1-5(4-8)12-6(13)2-3-7(9,10)11/h5H,2-4H2,1H3,(H,12,13). The Morgan fingerprint density at radius 1 is 1.54 bits per heavy atom. The smallest absolute Gasteiger partial charge is 0.353 e. The Morgan fingerprint density at radius 3 is 2.46 bits per heavy atom. The third kappa shape index (κ3) is 8.08. The topological polar surface area (TPSA) is 29.1 Å². The largest absolute Gasteiger partial charge is 0.389 e. The minimum Gasteiger partial charge on any atom is -0.353 e. The van der Waals surface area contributed by atoms with E-state index in [9.17, 15) is 18.0 Å². The second-order valence-electron chi connectivity index (χ2n) is 2.74. The third-order valence-electron chi connectivity index (χ3n) is 1.27. The molecule has 0 radical (unpaired) electrons. The number of carbonyl (C=O) groups excluding carboxylic acids is 1. The summed E-state index contributed by atoms with van der Waals surface area (Å²) in [4.78, 5) is 10.8. The van der Waals surface area contributed by atoms with Crippen LogP contribution in [-0.4, -0.2) is 23.5 Å². The molecular formula is C7H11BrF3NO. The molecule has 1 unspecified atom stereocenters. The molecule has 0 fully saturated rings. The zero-order valence-corrected chi connectivity index (χ0v) is 8.70. The fourth-order valence-corrected chi connectivity index (χ4v) is 0.803. The lowest BCUT2D eigenvalue weighted by molar-refractivity contribution is -0.144. The molecule has 0 aromatic heterocycles. The van der Waals surface area contributed by atoms with Crippen molar-refractivity contribution < 1.29 is 18.0 Å². The molecule has 78 valence electrons. The van der Waals surface area contributed by atoms with Crippen LogP contribution in [0.4, 0.5) is 13.2 Å². The number of hydrogen-bond acceptors (Lipinski definition) is 1. The van der Waals surface area contributed by atoms with Crippen LogP contribution in [0, 0.1) is 0 Å². The highest BCUT2D eigenvalue weighted by Crippen LogP contribution is 2.20. The summed E-state index contributed by atoms with van der Waals surface area (Å²) in [5.74, 6) is -0.565. The fraction of sp³-hybridized carbons (Fsp3) is 0.857. The van der Waals surface area contributed by atoms with Gasteiger partial charge in [-0.05, 0) is 6.92 Å². The van der Waals surface area contributed by atoms with Crippen molar-refractivity contribution in [3.63, 3.8) is 0 Å². The van der Waals surface area contributed by atoms with Crippen LogP contribution in [-0.2, 0) is 4.79 Å². The maximum Gasteiger partial charge on any atom is 0.389 e. The third-order valence-corrected chi connectivity index (χ3v) is 2.25. The molecule has 2 nitrogen and oxygen atoms in total. The highest BCUT2D eigenvalue weighted by molar-refractivity contribution is 9.09. The first kappa shape index (κ1) is 12.7. The van der Waals surface area contributed by atoms with Crippen molar-refractivity contribution in [1.29, 1.82) is 0 Å². The molecule has 6 heteroatoms. The molecule has 0 aromatic rings. The molecule has 0 aliphatic rings.